The molecule has 0 aliphatic heterocycles. The summed E-state index contributed by atoms with van der Waals surface area (Å²) >= 11 is 0. The number of carbonyl (C=O) groups is 2. The van der Waals surface area contributed by atoms with E-state index in [0.29, 0.717) is 23.9 Å². The van der Waals surface area contributed by atoms with Gasteiger partial charge in [-0.1, -0.05) is 12.1 Å². The Labute approximate surface area is 266 Å². The van der Waals surface area contributed by atoms with Gasteiger partial charge in [0.05, 0.1) is 38.5 Å². The van der Waals surface area contributed by atoms with E-state index in [1.54, 1.807) is 62.6 Å². The molecular weight excluding hydrogens is 598 g/mol. The van der Waals surface area contributed by atoms with Crippen LogP contribution < -0.4 is 28.6 Å². The van der Waals surface area contributed by atoms with Crippen molar-refractivity contribution in [3.8, 4) is 23.0 Å². The van der Waals surface area contributed by atoms with E-state index in [2.05, 4.69) is 5.32 Å². The maximum absolute atomic E-state index is 14.2. The second-order valence-electron chi connectivity index (χ2n) is 11.2. The number of benzene rings is 3. The molecule has 3 aromatic rings. The fourth-order valence-corrected chi connectivity index (χ4v) is 5.92. The maximum atomic E-state index is 14.2. The van der Waals surface area contributed by atoms with E-state index < -0.39 is 34.1 Å². The Hall–Kier alpha value is -4.45. The highest BCUT2D eigenvalue weighted by Crippen LogP contribution is 2.33. The lowest BCUT2D eigenvalue weighted by Crippen LogP contribution is -2.54. The molecule has 0 aromatic heterocycles. The zero-order valence-corrected chi connectivity index (χ0v) is 27.9. The first-order valence-corrected chi connectivity index (χ1v) is 15.9. The standard InChI is InChI=1S/C33H43N3O8S/c1-9-44-27-16-12-25(13-17-27)36(45(39,40)28-18-19-29(42-7)30(20-28)43-8)22-31(37)35(23(2)32(38)34-33(3,4)5)21-24-10-14-26(41-6)15-11-24/h10-20,23H,9,21-22H2,1-8H3,(H,34,38)/t23-/m0/s1. The first-order valence-electron chi connectivity index (χ1n) is 14.5. The predicted molar refractivity (Wildman–Crippen MR) is 173 cm³/mol. The highest BCUT2D eigenvalue weighted by molar-refractivity contribution is 7.92. The Bertz CT molecular complexity index is 1550. The molecular formula is C33H43N3O8S. The Morgan fingerprint density at radius 2 is 1.44 bits per heavy atom. The van der Waals surface area contributed by atoms with Crippen molar-refractivity contribution >= 4 is 27.5 Å². The van der Waals surface area contributed by atoms with E-state index in [1.807, 2.05) is 27.7 Å². The summed E-state index contributed by atoms with van der Waals surface area (Å²) in [5.74, 6) is 0.789. The van der Waals surface area contributed by atoms with Crippen LogP contribution in [-0.4, -0.2) is 71.2 Å². The van der Waals surface area contributed by atoms with Gasteiger partial charge < -0.3 is 29.2 Å². The van der Waals surface area contributed by atoms with Crippen molar-refractivity contribution in [2.75, 3.05) is 38.8 Å². The zero-order valence-electron chi connectivity index (χ0n) is 27.1. The molecule has 0 heterocycles. The number of methoxy groups -OCH3 is 3. The van der Waals surface area contributed by atoms with Gasteiger partial charge >= 0.3 is 0 Å². The number of sulfonamides is 1. The van der Waals surface area contributed by atoms with Gasteiger partial charge in [0.2, 0.25) is 11.8 Å². The molecule has 0 aliphatic carbocycles. The molecule has 0 saturated heterocycles. The van der Waals surface area contributed by atoms with Crippen LogP contribution in [0, 0.1) is 0 Å². The highest BCUT2D eigenvalue weighted by Gasteiger charge is 2.34. The average Bonchev–Trinajstić information content (AvgIpc) is 3.01. The van der Waals surface area contributed by atoms with Gasteiger partial charge in [-0.15, -0.1) is 0 Å². The van der Waals surface area contributed by atoms with Crippen LogP contribution in [-0.2, 0) is 26.2 Å². The Kier molecular flexibility index (Phi) is 11.7. The number of anilines is 1. The molecule has 2 amide bonds. The number of amides is 2. The zero-order chi connectivity index (χ0) is 33.4. The third-order valence-corrected chi connectivity index (χ3v) is 8.60. The first kappa shape index (κ1) is 35.0. The molecule has 1 atom stereocenters. The molecule has 1 N–H and O–H groups in total. The second kappa shape index (κ2) is 15.0. The molecule has 3 aromatic carbocycles. The number of hydrogen-bond acceptors (Lipinski definition) is 8. The van der Waals surface area contributed by atoms with E-state index in [9.17, 15) is 18.0 Å². The Morgan fingerprint density at radius 1 is 0.844 bits per heavy atom. The lowest BCUT2D eigenvalue weighted by Gasteiger charge is -2.33. The molecule has 0 bridgehead atoms. The Morgan fingerprint density at radius 3 is 1.98 bits per heavy atom. The minimum absolute atomic E-state index is 0.0507. The molecule has 0 fully saturated rings. The van der Waals surface area contributed by atoms with E-state index in [1.165, 1.54) is 37.3 Å². The lowest BCUT2D eigenvalue weighted by molar-refractivity contribution is -0.140. The lowest BCUT2D eigenvalue weighted by atomic mass is 10.1. The van der Waals surface area contributed by atoms with E-state index in [4.69, 9.17) is 18.9 Å². The molecule has 0 aliphatic rings. The van der Waals surface area contributed by atoms with Crippen molar-refractivity contribution in [3.63, 3.8) is 0 Å². The fraction of sp³-hybridized carbons (Fsp3) is 0.394. The van der Waals surface area contributed by atoms with Gasteiger partial charge in [0.25, 0.3) is 10.0 Å². The van der Waals surface area contributed by atoms with E-state index in [0.717, 1.165) is 9.87 Å². The molecule has 0 unspecified atom stereocenters. The highest BCUT2D eigenvalue weighted by atomic mass is 32.2. The summed E-state index contributed by atoms with van der Waals surface area (Å²) in [6, 6.07) is 16.8. The van der Waals surface area contributed by atoms with Crippen LogP contribution in [0.15, 0.2) is 71.6 Å². The normalized spacial score (nSPS) is 12.1. The van der Waals surface area contributed by atoms with Crippen LogP contribution in [0.2, 0.25) is 0 Å². The minimum atomic E-state index is -4.33. The van der Waals surface area contributed by atoms with Gasteiger partial charge in [-0.2, -0.15) is 0 Å². The van der Waals surface area contributed by atoms with Crippen molar-refractivity contribution in [1.82, 2.24) is 10.2 Å². The SMILES string of the molecule is CCOc1ccc(N(CC(=O)N(Cc2ccc(OC)cc2)[C@@H](C)C(=O)NC(C)(C)C)S(=O)(=O)c2ccc(OC)c(OC)c2)cc1. The molecule has 3 rings (SSSR count). The molecule has 45 heavy (non-hydrogen) atoms. The minimum Gasteiger partial charge on any atom is -0.497 e. The van der Waals surface area contributed by atoms with Crippen LogP contribution in [0.25, 0.3) is 0 Å². The smallest absolute Gasteiger partial charge is 0.264 e. The Balaban J connectivity index is 2.09. The quantitative estimate of drug-likeness (QED) is 0.270. The van der Waals surface area contributed by atoms with Crippen molar-refractivity contribution in [3.05, 3.63) is 72.3 Å². The molecule has 0 spiro atoms. The molecule has 0 radical (unpaired) electrons. The van der Waals surface area contributed by atoms with Gasteiger partial charge in [-0.25, -0.2) is 8.42 Å². The third-order valence-electron chi connectivity index (χ3n) is 6.84. The van der Waals surface area contributed by atoms with Crippen LogP contribution in [0.3, 0.4) is 0 Å². The number of hydrogen-bond donors (Lipinski definition) is 1. The number of ether oxygens (including phenoxy) is 4. The second-order valence-corrected chi connectivity index (χ2v) is 13.1. The average molecular weight is 642 g/mol. The summed E-state index contributed by atoms with van der Waals surface area (Å²) in [7, 11) is 0.0795. The fourth-order valence-electron chi connectivity index (χ4n) is 4.49. The topological polar surface area (TPSA) is 124 Å². The van der Waals surface area contributed by atoms with Crippen molar-refractivity contribution in [1.29, 1.82) is 0 Å². The van der Waals surface area contributed by atoms with Crippen LogP contribution in [0.5, 0.6) is 23.0 Å². The first-order chi connectivity index (χ1) is 21.2. The van der Waals surface area contributed by atoms with Crippen LogP contribution in [0.4, 0.5) is 5.69 Å². The number of nitrogens with zero attached hydrogens (tertiary/aromatic N) is 2. The number of nitrogens with one attached hydrogen (secondary N) is 1. The molecule has 11 nitrogen and oxygen atoms in total. The van der Waals surface area contributed by atoms with Crippen molar-refractivity contribution in [2.24, 2.45) is 0 Å². The van der Waals surface area contributed by atoms with Gasteiger partial charge in [0.15, 0.2) is 11.5 Å². The monoisotopic (exact) mass is 641 g/mol. The maximum Gasteiger partial charge on any atom is 0.264 e. The molecule has 0 saturated carbocycles. The van der Waals surface area contributed by atoms with Gasteiger partial charge in [0.1, 0.15) is 24.1 Å². The molecule has 244 valence electrons. The van der Waals surface area contributed by atoms with Gasteiger partial charge in [0, 0.05) is 18.2 Å². The summed E-state index contributed by atoms with van der Waals surface area (Å²) < 4.78 is 50.9. The predicted octanol–water partition coefficient (Wildman–Crippen LogP) is 4.64. The van der Waals surface area contributed by atoms with E-state index >= 15 is 0 Å². The van der Waals surface area contributed by atoms with Gasteiger partial charge in [-0.3, -0.25) is 13.9 Å². The summed E-state index contributed by atoms with van der Waals surface area (Å²) in [6.07, 6.45) is 0. The summed E-state index contributed by atoms with van der Waals surface area (Å²) in [5.41, 5.74) is 0.415. The molecule has 12 heteroatoms. The van der Waals surface area contributed by atoms with Crippen molar-refractivity contribution < 1.29 is 37.0 Å². The summed E-state index contributed by atoms with van der Waals surface area (Å²) in [5, 5.41) is 2.92. The van der Waals surface area contributed by atoms with Gasteiger partial charge in [-0.05, 0) is 88.7 Å². The van der Waals surface area contributed by atoms with E-state index in [-0.39, 0.29) is 28.8 Å². The third kappa shape index (κ3) is 9.04. The number of carbonyl (C=O) groups excluding carboxylic acids is 2. The number of rotatable bonds is 14. The summed E-state index contributed by atoms with van der Waals surface area (Å²) in [6.45, 7) is 8.88. The summed E-state index contributed by atoms with van der Waals surface area (Å²) in [4.78, 5) is 28.7. The van der Waals surface area contributed by atoms with Crippen LogP contribution >= 0.6 is 0 Å². The van der Waals surface area contributed by atoms with Crippen molar-refractivity contribution in [2.45, 2.75) is 57.6 Å². The van der Waals surface area contributed by atoms with Crippen LogP contribution in [0.1, 0.15) is 40.2 Å². The largest absolute Gasteiger partial charge is 0.497 e.